The van der Waals surface area contributed by atoms with Crippen LogP contribution in [-0.4, -0.2) is 32.0 Å². The molecule has 0 aliphatic carbocycles. The average molecular weight is 514 g/mol. The van der Waals surface area contributed by atoms with Crippen LogP contribution in [0.2, 0.25) is 0 Å². The number of rotatable bonds is 10. The fraction of sp³-hybridized carbons (Fsp3) is 0.226. The van der Waals surface area contributed by atoms with E-state index >= 15 is 0 Å². The third-order valence-electron chi connectivity index (χ3n) is 6.38. The second-order valence-electron chi connectivity index (χ2n) is 9.22. The average Bonchev–Trinajstić information content (AvgIpc) is 2.89. The predicted molar refractivity (Wildman–Crippen MR) is 148 cm³/mol. The minimum Gasteiger partial charge on any atom is -0.497 e. The van der Waals surface area contributed by atoms with Gasteiger partial charge in [0.05, 0.1) is 23.5 Å². The Morgan fingerprint density at radius 2 is 1.43 bits per heavy atom. The Kier molecular flexibility index (Phi) is 8.19. The van der Waals surface area contributed by atoms with E-state index in [1.54, 1.807) is 39.3 Å². The number of methoxy groups -OCH3 is 1. The van der Waals surface area contributed by atoms with Crippen LogP contribution in [0.4, 0.5) is 0 Å². The van der Waals surface area contributed by atoms with Crippen molar-refractivity contribution in [2.45, 2.75) is 38.0 Å². The Labute approximate surface area is 219 Å². The van der Waals surface area contributed by atoms with E-state index < -0.39 is 9.84 Å². The molecule has 0 saturated heterocycles. The molecule has 0 aliphatic heterocycles. The van der Waals surface area contributed by atoms with Crippen molar-refractivity contribution < 1.29 is 17.9 Å². The monoisotopic (exact) mass is 513 g/mol. The summed E-state index contributed by atoms with van der Waals surface area (Å²) in [6.07, 6.45) is 2.60. The van der Waals surface area contributed by atoms with Crippen molar-refractivity contribution in [2.75, 3.05) is 12.9 Å². The van der Waals surface area contributed by atoms with E-state index in [-0.39, 0.29) is 18.0 Å². The van der Waals surface area contributed by atoms with Gasteiger partial charge >= 0.3 is 0 Å². The Hall–Kier alpha value is -3.77. The Balaban J connectivity index is 1.32. The van der Waals surface area contributed by atoms with Crippen LogP contribution in [0.15, 0.2) is 90.0 Å². The standard InChI is InChI=1S/C31H31NO4S/c1-22-19-29(36-3)20-23(2)31(22)37(34,35)18-6-7-28(33)21-24-9-11-25(12-10-24)26-13-15-27(16-14-26)30-8-4-5-17-32-30/h4-5,8-17,19-20H,6-7,18,21H2,1-3H3. The first kappa shape index (κ1) is 26.3. The summed E-state index contributed by atoms with van der Waals surface area (Å²) in [5, 5.41) is 0. The molecule has 0 radical (unpaired) electrons. The highest BCUT2D eigenvalue weighted by molar-refractivity contribution is 7.91. The van der Waals surface area contributed by atoms with Crippen LogP contribution in [0, 0.1) is 13.8 Å². The zero-order valence-corrected chi connectivity index (χ0v) is 22.2. The Bertz CT molecular complexity index is 1450. The van der Waals surface area contributed by atoms with Crippen molar-refractivity contribution in [3.63, 3.8) is 0 Å². The predicted octanol–water partition coefficient (Wildman–Crippen LogP) is 6.41. The summed E-state index contributed by atoms with van der Waals surface area (Å²) < 4.78 is 31.1. The van der Waals surface area contributed by atoms with E-state index in [9.17, 15) is 13.2 Å². The minimum atomic E-state index is -3.48. The van der Waals surface area contributed by atoms with Gasteiger partial charge in [-0.15, -0.1) is 0 Å². The molecule has 0 N–H and O–H groups in total. The second-order valence-corrected chi connectivity index (χ2v) is 11.3. The third-order valence-corrected chi connectivity index (χ3v) is 8.48. The maximum atomic E-state index is 12.9. The second kappa shape index (κ2) is 11.5. The van der Waals surface area contributed by atoms with Gasteiger partial charge in [-0.1, -0.05) is 54.6 Å². The molecule has 5 nitrogen and oxygen atoms in total. The largest absolute Gasteiger partial charge is 0.497 e. The molecule has 0 saturated carbocycles. The van der Waals surface area contributed by atoms with Crippen molar-refractivity contribution in [1.29, 1.82) is 0 Å². The number of aryl methyl sites for hydroxylation is 2. The summed E-state index contributed by atoms with van der Waals surface area (Å²) in [6, 6.07) is 25.5. The fourth-order valence-electron chi connectivity index (χ4n) is 4.58. The smallest absolute Gasteiger partial charge is 0.178 e. The SMILES string of the molecule is COc1cc(C)c(S(=O)(=O)CCCC(=O)Cc2ccc(-c3ccc(-c4ccccn4)cc3)cc2)c(C)c1. The molecule has 0 unspecified atom stereocenters. The maximum absolute atomic E-state index is 12.9. The van der Waals surface area contributed by atoms with E-state index in [0.717, 1.165) is 27.9 Å². The maximum Gasteiger partial charge on any atom is 0.178 e. The van der Waals surface area contributed by atoms with Crippen LogP contribution in [0.5, 0.6) is 5.75 Å². The molecule has 0 atom stereocenters. The van der Waals surface area contributed by atoms with Crippen molar-refractivity contribution in [3.8, 4) is 28.1 Å². The van der Waals surface area contributed by atoms with E-state index in [0.29, 0.717) is 34.6 Å². The first-order valence-electron chi connectivity index (χ1n) is 12.3. The molecule has 0 fully saturated rings. The number of ether oxygens (including phenoxy) is 1. The highest BCUT2D eigenvalue weighted by Crippen LogP contribution is 2.27. The van der Waals surface area contributed by atoms with E-state index in [4.69, 9.17) is 4.74 Å². The summed E-state index contributed by atoms with van der Waals surface area (Å²) in [6.45, 7) is 3.54. The van der Waals surface area contributed by atoms with Crippen LogP contribution in [0.3, 0.4) is 0 Å². The number of sulfone groups is 1. The van der Waals surface area contributed by atoms with Gasteiger partial charge in [0.2, 0.25) is 0 Å². The van der Waals surface area contributed by atoms with Crippen LogP contribution in [-0.2, 0) is 21.1 Å². The van der Waals surface area contributed by atoms with Crippen LogP contribution < -0.4 is 4.74 Å². The number of pyridine rings is 1. The number of ketones is 1. The van der Waals surface area contributed by atoms with Crippen molar-refractivity contribution in [3.05, 3.63) is 102 Å². The summed E-state index contributed by atoms with van der Waals surface area (Å²) in [4.78, 5) is 17.3. The molecule has 4 rings (SSSR count). The number of benzene rings is 3. The lowest BCUT2D eigenvalue weighted by Gasteiger charge is -2.13. The number of aromatic nitrogens is 1. The Morgan fingerprint density at radius 1 is 0.838 bits per heavy atom. The molecule has 37 heavy (non-hydrogen) atoms. The van der Waals surface area contributed by atoms with Gasteiger partial charge in [0, 0.05) is 24.6 Å². The molecule has 0 amide bonds. The van der Waals surface area contributed by atoms with Crippen molar-refractivity contribution >= 4 is 15.6 Å². The van der Waals surface area contributed by atoms with E-state index in [1.165, 1.54) is 0 Å². The van der Waals surface area contributed by atoms with E-state index in [1.807, 2.05) is 42.5 Å². The van der Waals surface area contributed by atoms with Crippen LogP contribution in [0.1, 0.15) is 29.5 Å². The highest BCUT2D eigenvalue weighted by atomic mass is 32.2. The van der Waals surface area contributed by atoms with Gasteiger partial charge in [-0.05, 0) is 72.4 Å². The summed E-state index contributed by atoms with van der Waals surface area (Å²) in [5.74, 6) is 0.614. The number of hydrogen-bond acceptors (Lipinski definition) is 5. The van der Waals surface area contributed by atoms with Gasteiger partial charge in [0.15, 0.2) is 9.84 Å². The van der Waals surface area contributed by atoms with Gasteiger partial charge in [0.25, 0.3) is 0 Å². The number of nitrogens with zero attached hydrogens (tertiary/aromatic N) is 1. The molecule has 0 bridgehead atoms. The number of carbonyl (C=O) groups is 1. The fourth-order valence-corrected chi connectivity index (χ4v) is 6.41. The van der Waals surface area contributed by atoms with Gasteiger partial charge in [-0.25, -0.2) is 8.42 Å². The van der Waals surface area contributed by atoms with Gasteiger partial charge in [-0.3, -0.25) is 9.78 Å². The topological polar surface area (TPSA) is 73.3 Å². The molecule has 0 spiro atoms. The lowest BCUT2D eigenvalue weighted by atomic mass is 9.99. The molecule has 4 aromatic rings. The molecule has 1 heterocycles. The van der Waals surface area contributed by atoms with Gasteiger partial charge in [0.1, 0.15) is 11.5 Å². The molecular formula is C31H31NO4S. The lowest BCUT2D eigenvalue weighted by molar-refractivity contribution is -0.118. The molecule has 0 aliphatic rings. The molecule has 1 aromatic heterocycles. The van der Waals surface area contributed by atoms with E-state index in [2.05, 4.69) is 29.2 Å². The summed E-state index contributed by atoms with van der Waals surface area (Å²) in [5.41, 5.74) is 6.40. The first-order chi connectivity index (χ1) is 17.8. The van der Waals surface area contributed by atoms with Crippen molar-refractivity contribution in [1.82, 2.24) is 4.98 Å². The summed E-state index contributed by atoms with van der Waals surface area (Å²) >= 11 is 0. The highest BCUT2D eigenvalue weighted by Gasteiger charge is 2.21. The number of Topliss-reactive ketones (excluding diaryl/α,β-unsaturated/α-hetero) is 1. The normalized spacial score (nSPS) is 11.3. The zero-order chi connectivity index (χ0) is 26.4. The molecular weight excluding hydrogens is 482 g/mol. The van der Waals surface area contributed by atoms with Gasteiger partial charge < -0.3 is 4.74 Å². The summed E-state index contributed by atoms with van der Waals surface area (Å²) in [7, 11) is -1.93. The zero-order valence-electron chi connectivity index (χ0n) is 21.4. The number of hydrogen-bond donors (Lipinski definition) is 0. The quantitative estimate of drug-likeness (QED) is 0.245. The van der Waals surface area contributed by atoms with Crippen molar-refractivity contribution in [2.24, 2.45) is 0 Å². The third kappa shape index (κ3) is 6.52. The molecule has 3 aromatic carbocycles. The number of carbonyl (C=O) groups excluding carboxylic acids is 1. The molecule has 190 valence electrons. The molecule has 6 heteroatoms. The Morgan fingerprint density at radius 3 is 2.00 bits per heavy atom. The van der Waals surface area contributed by atoms with Crippen LogP contribution in [0.25, 0.3) is 22.4 Å². The lowest BCUT2D eigenvalue weighted by Crippen LogP contribution is -2.13. The minimum absolute atomic E-state index is 0.0332. The van der Waals surface area contributed by atoms with Gasteiger partial charge in [-0.2, -0.15) is 0 Å². The van der Waals surface area contributed by atoms with Crippen LogP contribution >= 0.6 is 0 Å². The first-order valence-corrected chi connectivity index (χ1v) is 13.9.